The molecule has 1 aliphatic carbocycles. The van der Waals surface area contributed by atoms with Gasteiger partial charge in [0.2, 0.25) is 0 Å². The summed E-state index contributed by atoms with van der Waals surface area (Å²) in [6, 6.07) is 1.58. The first-order chi connectivity index (χ1) is 12.6. The number of alkyl halides is 2. The molecule has 6 nitrogen and oxygen atoms in total. The van der Waals surface area contributed by atoms with Gasteiger partial charge in [-0.05, 0) is 44.7 Å². The van der Waals surface area contributed by atoms with Crippen LogP contribution in [0.15, 0.2) is 29.7 Å². The Labute approximate surface area is 150 Å². The van der Waals surface area contributed by atoms with E-state index in [-0.39, 0.29) is 0 Å². The van der Waals surface area contributed by atoms with E-state index in [2.05, 4.69) is 19.4 Å². The maximum Gasteiger partial charge on any atom is 0.280 e. The molecule has 8 heteroatoms. The topological polar surface area (TPSA) is 56.0 Å². The van der Waals surface area contributed by atoms with Crippen LogP contribution in [0.5, 0.6) is 0 Å². The lowest BCUT2D eigenvalue weighted by molar-refractivity contribution is 0.144. The zero-order chi connectivity index (χ0) is 18.1. The summed E-state index contributed by atoms with van der Waals surface area (Å²) in [6.45, 7) is 3.40. The number of hydrogen-bond donors (Lipinski definition) is 0. The highest BCUT2D eigenvalue weighted by Crippen LogP contribution is 2.36. The Morgan fingerprint density at radius 3 is 2.58 bits per heavy atom. The first-order valence-electron chi connectivity index (χ1n) is 9.17. The highest BCUT2D eigenvalue weighted by atomic mass is 19.3. The quantitative estimate of drug-likeness (QED) is 0.792. The van der Waals surface area contributed by atoms with E-state index < -0.39 is 17.7 Å². The summed E-state index contributed by atoms with van der Waals surface area (Å²) in [6.07, 6.45) is 6.91. The highest BCUT2D eigenvalue weighted by molar-refractivity contribution is 5.04. The lowest BCUT2D eigenvalue weighted by atomic mass is 9.96. The van der Waals surface area contributed by atoms with E-state index in [4.69, 9.17) is 0 Å². The summed E-state index contributed by atoms with van der Waals surface area (Å²) in [4.78, 5) is 22.4. The number of aromatic nitrogens is 4. The smallest absolute Gasteiger partial charge is 0.280 e. The summed E-state index contributed by atoms with van der Waals surface area (Å²) < 4.78 is 28.9. The van der Waals surface area contributed by atoms with Crippen LogP contribution >= 0.6 is 0 Å². The molecule has 1 saturated heterocycles. The van der Waals surface area contributed by atoms with Crippen LogP contribution in [0.4, 0.5) is 8.78 Å². The third kappa shape index (κ3) is 3.85. The molecule has 1 aliphatic heterocycles. The molecule has 0 spiro atoms. The number of halogens is 2. The van der Waals surface area contributed by atoms with Gasteiger partial charge in [-0.25, -0.2) is 18.7 Å². The molecule has 0 atom stereocenters. The van der Waals surface area contributed by atoms with Crippen LogP contribution in [0.3, 0.4) is 0 Å². The van der Waals surface area contributed by atoms with E-state index in [1.54, 1.807) is 0 Å². The summed E-state index contributed by atoms with van der Waals surface area (Å²) in [5.74, 6) is 0.372. The molecule has 0 aromatic carbocycles. The van der Waals surface area contributed by atoms with E-state index >= 15 is 0 Å². The molecule has 0 unspecified atom stereocenters. The normalized spacial score (nSPS) is 19.3. The zero-order valence-electron chi connectivity index (χ0n) is 14.6. The van der Waals surface area contributed by atoms with Crippen molar-refractivity contribution in [2.45, 2.75) is 51.2 Å². The van der Waals surface area contributed by atoms with Gasteiger partial charge in [-0.1, -0.05) is 0 Å². The van der Waals surface area contributed by atoms with Crippen molar-refractivity contribution < 1.29 is 8.78 Å². The van der Waals surface area contributed by atoms with E-state index in [1.807, 2.05) is 12.5 Å². The number of rotatable bonds is 6. The van der Waals surface area contributed by atoms with E-state index in [0.717, 1.165) is 38.5 Å². The SMILES string of the molecule is O=c1cc(C(F)F)ncn1CC1CCN(Cc2cncn2C2CC2)CC1. The minimum Gasteiger partial charge on any atom is -0.330 e. The standard InChI is InChI=1S/C18H23F2N5O/c19-18(20)16-7-17(26)24(12-22-16)9-13-3-5-23(6-4-13)10-15-8-21-11-25(15)14-1-2-14/h7-8,11-14,18H,1-6,9-10H2. The predicted octanol–water partition coefficient (Wildman–Crippen LogP) is 2.62. The second kappa shape index (κ2) is 7.26. The molecule has 3 heterocycles. The molecular formula is C18H23F2N5O. The number of nitrogens with zero attached hydrogens (tertiary/aromatic N) is 5. The second-order valence-electron chi connectivity index (χ2n) is 7.35. The van der Waals surface area contributed by atoms with Gasteiger partial charge in [0, 0.05) is 31.4 Å². The molecule has 4 rings (SSSR count). The van der Waals surface area contributed by atoms with Crippen molar-refractivity contribution in [3.63, 3.8) is 0 Å². The van der Waals surface area contributed by atoms with Crippen LogP contribution in [0, 0.1) is 5.92 Å². The summed E-state index contributed by atoms with van der Waals surface area (Å²) in [5, 5.41) is 0. The molecule has 26 heavy (non-hydrogen) atoms. The molecule has 140 valence electrons. The van der Waals surface area contributed by atoms with Crippen molar-refractivity contribution in [1.29, 1.82) is 0 Å². The van der Waals surface area contributed by atoms with E-state index in [1.165, 1.54) is 29.4 Å². The average Bonchev–Trinajstić information content (AvgIpc) is 3.37. The van der Waals surface area contributed by atoms with Crippen LogP contribution in [-0.2, 0) is 13.1 Å². The molecule has 0 amide bonds. The minimum atomic E-state index is -2.70. The molecule has 2 aromatic heterocycles. The Balaban J connectivity index is 1.31. The van der Waals surface area contributed by atoms with Crippen molar-refractivity contribution in [2.75, 3.05) is 13.1 Å². The number of imidazole rings is 1. The highest BCUT2D eigenvalue weighted by Gasteiger charge is 2.27. The molecule has 0 radical (unpaired) electrons. The Kier molecular flexibility index (Phi) is 4.84. The largest absolute Gasteiger partial charge is 0.330 e. The molecule has 0 bridgehead atoms. The summed E-state index contributed by atoms with van der Waals surface area (Å²) in [7, 11) is 0. The number of hydrogen-bond acceptors (Lipinski definition) is 4. The second-order valence-corrected chi connectivity index (χ2v) is 7.35. The Morgan fingerprint density at radius 1 is 1.15 bits per heavy atom. The van der Waals surface area contributed by atoms with E-state index in [9.17, 15) is 13.6 Å². The van der Waals surface area contributed by atoms with Gasteiger partial charge in [-0.3, -0.25) is 14.3 Å². The van der Waals surface area contributed by atoms with Crippen LogP contribution in [0.25, 0.3) is 0 Å². The maximum atomic E-state index is 12.6. The molecule has 1 saturated carbocycles. The maximum absolute atomic E-state index is 12.6. The molecule has 2 aromatic rings. The first kappa shape index (κ1) is 17.3. The zero-order valence-corrected chi connectivity index (χ0v) is 14.6. The lowest BCUT2D eigenvalue weighted by Gasteiger charge is -2.32. The van der Waals surface area contributed by atoms with Gasteiger partial charge in [0.05, 0.1) is 18.3 Å². The average molecular weight is 363 g/mol. The van der Waals surface area contributed by atoms with Crippen molar-refractivity contribution in [3.05, 3.63) is 46.7 Å². The van der Waals surface area contributed by atoms with Crippen molar-refractivity contribution >= 4 is 0 Å². The van der Waals surface area contributed by atoms with Crippen LogP contribution < -0.4 is 5.56 Å². The van der Waals surface area contributed by atoms with Crippen molar-refractivity contribution in [3.8, 4) is 0 Å². The minimum absolute atomic E-state index is 0.372. The lowest BCUT2D eigenvalue weighted by Crippen LogP contribution is -2.36. The van der Waals surface area contributed by atoms with Gasteiger partial charge in [-0.2, -0.15) is 0 Å². The fourth-order valence-electron chi connectivity index (χ4n) is 3.67. The van der Waals surface area contributed by atoms with Gasteiger partial charge in [0.15, 0.2) is 0 Å². The fraction of sp³-hybridized carbons (Fsp3) is 0.611. The van der Waals surface area contributed by atoms with E-state index in [0.29, 0.717) is 18.5 Å². The Morgan fingerprint density at radius 2 is 1.92 bits per heavy atom. The summed E-state index contributed by atoms with van der Waals surface area (Å²) in [5.41, 5.74) is 0.424. The molecule has 0 N–H and O–H groups in total. The molecular weight excluding hydrogens is 340 g/mol. The monoisotopic (exact) mass is 363 g/mol. The van der Waals surface area contributed by atoms with Gasteiger partial charge in [0.25, 0.3) is 12.0 Å². The first-order valence-corrected chi connectivity index (χ1v) is 9.17. The Hall–Kier alpha value is -2.09. The van der Waals surface area contributed by atoms with Crippen LogP contribution in [0.2, 0.25) is 0 Å². The third-order valence-electron chi connectivity index (χ3n) is 5.36. The van der Waals surface area contributed by atoms with Gasteiger partial charge >= 0.3 is 0 Å². The van der Waals surface area contributed by atoms with Gasteiger partial charge in [0.1, 0.15) is 5.69 Å². The van der Waals surface area contributed by atoms with Crippen LogP contribution in [0.1, 0.15) is 49.5 Å². The Bertz CT molecular complexity index is 806. The number of piperidine rings is 1. The fourth-order valence-corrected chi connectivity index (χ4v) is 3.67. The summed E-state index contributed by atoms with van der Waals surface area (Å²) >= 11 is 0. The van der Waals surface area contributed by atoms with Crippen LogP contribution in [-0.4, -0.2) is 37.1 Å². The van der Waals surface area contributed by atoms with Gasteiger partial charge in [-0.15, -0.1) is 0 Å². The van der Waals surface area contributed by atoms with Crippen molar-refractivity contribution in [1.82, 2.24) is 24.0 Å². The third-order valence-corrected chi connectivity index (χ3v) is 5.36. The molecule has 2 aliphatic rings. The van der Waals surface area contributed by atoms with Crippen molar-refractivity contribution in [2.24, 2.45) is 5.92 Å². The predicted molar refractivity (Wildman–Crippen MR) is 92.0 cm³/mol. The molecule has 2 fully saturated rings. The number of likely N-dealkylation sites (tertiary alicyclic amines) is 1. The van der Waals surface area contributed by atoms with Gasteiger partial charge < -0.3 is 4.57 Å².